The molecule has 0 N–H and O–H groups in total. The molecule has 0 saturated heterocycles. The molecule has 0 aromatic carbocycles. The molecule has 0 bridgehead atoms. The molecule has 0 amide bonds. The van der Waals surface area contributed by atoms with Gasteiger partial charge in [-0.3, -0.25) is 4.84 Å². The van der Waals surface area contributed by atoms with Crippen molar-refractivity contribution in [2.24, 2.45) is 0 Å². The van der Waals surface area contributed by atoms with Crippen LogP contribution in [0.4, 0.5) is 0 Å². The third kappa shape index (κ3) is 15.4. The predicted octanol–water partition coefficient (Wildman–Crippen LogP) is 7.81. The minimum atomic E-state index is -0.313. The summed E-state index contributed by atoms with van der Waals surface area (Å²) >= 11 is 0. The molecule has 2 radical (unpaired) electrons. The van der Waals surface area contributed by atoms with Gasteiger partial charge in [-0.1, -0.05) is 117 Å². The van der Waals surface area contributed by atoms with Crippen LogP contribution in [0.3, 0.4) is 0 Å². The van der Waals surface area contributed by atoms with E-state index in [1.165, 1.54) is 96.3 Å². The highest BCUT2D eigenvalue weighted by Crippen LogP contribution is 2.25. The van der Waals surface area contributed by atoms with E-state index in [1.807, 2.05) is 0 Å². The van der Waals surface area contributed by atoms with E-state index < -0.39 is 0 Å². The zero-order valence-corrected chi connectivity index (χ0v) is 17.1. The van der Waals surface area contributed by atoms with E-state index >= 15 is 0 Å². The highest BCUT2D eigenvalue weighted by molar-refractivity contribution is 4.74. The Kier molecular flexibility index (Phi) is 17.7. The molecule has 2 nitrogen and oxygen atoms in total. The fraction of sp³-hybridized carbons (Fsp3) is 1.00. The van der Waals surface area contributed by atoms with Crippen LogP contribution >= 0.6 is 0 Å². The summed E-state index contributed by atoms with van der Waals surface area (Å²) in [6, 6.07) is 0. The first-order chi connectivity index (χ1) is 11.7. The first-order valence-electron chi connectivity index (χ1n) is 11.0. The number of hydrogen-bond acceptors (Lipinski definition) is 1. The quantitative estimate of drug-likeness (QED) is 0.174. The first kappa shape index (κ1) is 23.9. The third-order valence-corrected chi connectivity index (χ3v) is 5.34. The van der Waals surface area contributed by atoms with E-state index in [0.29, 0.717) is 0 Å². The van der Waals surface area contributed by atoms with E-state index in [-0.39, 0.29) is 5.60 Å². The van der Waals surface area contributed by atoms with Gasteiger partial charge in [-0.25, -0.2) is 0 Å². The Labute approximate surface area is 153 Å². The van der Waals surface area contributed by atoms with E-state index in [4.69, 9.17) is 4.84 Å². The predicted molar refractivity (Wildman–Crippen MR) is 106 cm³/mol. The summed E-state index contributed by atoms with van der Waals surface area (Å²) in [5.74, 6) is 9.18. The molecule has 24 heavy (non-hydrogen) atoms. The van der Waals surface area contributed by atoms with Crippen molar-refractivity contribution in [3.8, 4) is 0 Å². The third-order valence-electron chi connectivity index (χ3n) is 5.34. The first-order valence-corrected chi connectivity index (χ1v) is 11.0. The fourth-order valence-corrected chi connectivity index (χ4v) is 3.48. The zero-order chi connectivity index (χ0) is 17.9. The van der Waals surface area contributed by atoms with Crippen LogP contribution in [0.15, 0.2) is 0 Å². The molecule has 0 saturated carbocycles. The van der Waals surface area contributed by atoms with Crippen LogP contribution in [-0.4, -0.2) is 5.60 Å². The molecule has 1 unspecified atom stereocenters. The van der Waals surface area contributed by atoms with Gasteiger partial charge in [0, 0.05) is 5.90 Å². The molecule has 0 aromatic heterocycles. The van der Waals surface area contributed by atoms with Crippen LogP contribution < -0.4 is 5.90 Å². The van der Waals surface area contributed by atoms with Crippen molar-refractivity contribution in [1.82, 2.24) is 5.90 Å². The minimum absolute atomic E-state index is 0.313. The largest absolute Gasteiger partial charge is 0.257 e. The summed E-state index contributed by atoms with van der Waals surface area (Å²) in [7, 11) is 0. The van der Waals surface area contributed by atoms with Crippen molar-refractivity contribution in [3.63, 3.8) is 0 Å². The van der Waals surface area contributed by atoms with Gasteiger partial charge in [0.25, 0.3) is 0 Å². The van der Waals surface area contributed by atoms with Crippen molar-refractivity contribution in [2.45, 2.75) is 142 Å². The van der Waals surface area contributed by atoms with Crippen LogP contribution in [0.5, 0.6) is 0 Å². The van der Waals surface area contributed by atoms with Crippen molar-refractivity contribution >= 4 is 0 Å². The molecule has 144 valence electrons. The van der Waals surface area contributed by atoms with E-state index in [0.717, 1.165) is 19.3 Å². The number of unbranched alkanes of at least 4 members (excludes halogenated alkanes) is 14. The fourth-order valence-electron chi connectivity index (χ4n) is 3.48. The van der Waals surface area contributed by atoms with E-state index in [9.17, 15) is 5.90 Å². The van der Waals surface area contributed by atoms with Crippen molar-refractivity contribution in [2.75, 3.05) is 0 Å². The lowest BCUT2D eigenvalue weighted by atomic mass is 9.91. The zero-order valence-electron chi connectivity index (χ0n) is 17.1. The average molecular weight is 340 g/mol. The molecule has 0 aliphatic rings. The second-order valence-corrected chi connectivity index (χ2v) is 7.99. The Hall–Kier alpha value is -0.0800. The van der Waals surface area contributed by atoms with Gasteiger partial charge in [-0.05, 0) is 19.8 Å². The van der Waals surface area contributed by atoms with Gasteiger partial charge < -0.3 is 0 Å². The lowest BCUT2D eigenvalue weighted by Gasteiger charge is -2.25. The molecule has 0 fully saturated rings. The SMILES string of the molecule is CCCCCCCCCCCCCCCC(C)(CCCCC)O[N]. The van der Waals surface area contributed by atoms with Crippen molar-refractivity contribution in [1.29, 1.82) is 0 Å². The maximum absolute atomic E-state index is 9.18. The second kappa shape index (κ2) is 17.7. The van der Waals surface area contributed by atoms with Gasteiger partial charge in [0.05, 0.1) is 5.60 Å². The monoisotopic (exact) mass is 339 g/mol. The number of nitrogens with zero attached hydrogens (tertiary/aromatic N) is 1. The van der Waals surface area contributed by atoms with Gasteiger partial charge in [0.1, 0.15) is 0 Å². The molecule has 0 spiro atoms. The maximum Gasteiger partial charge on any atom is 0.0906 e. The summed E-state index contributed by atoms with van der Waals surface area (Å²) in [6.07, 6.45) is 23.5. The standard InChI is InChI=1S/C22H45NO/c1-4-6-8-9-10-11-12-13-14-15-16-17-19-21-22(3,24-23)20-18-7-5-2/h4-21H2,1-3H3. The Balaban J connectivity index is 3.34. The highest BCUT2D eigenvalue weighted by atomic mass is 16.6. The molecule has 0 aliphatic carbocycles. The lowest BCUT2D eigenvalue weighted by Crippen LogP contribution is -2.28. The molecule has 1 atom stereocenters. The van der Waals surface area contributed by atoms with Crippen LogP contribution in [0.1, 0.15) is 136 Å². The molecule has 2 heteroatoms. The number of rotatable bonds is 19. The van der Waals surface area contributed by atoms with Gasteiger partial charge >= 0.3 is 0 Å². The molecular formula is C22H45NO. The van der Waals surface area contributed by atoms with Crippen LogP contribution in [0.2, 0.25) is 0 Å². The normalized spacial score (nSPS) is 14.0. The topological polar surface area (TPSA) is 31.5 Å². The van der Waals surface area contributed by atoms with Crippen molar-refractivity contribution < 1.29 is 4.84 Å². The summed E-state index contributed by atoms with van der Waals surface area (Å²) in [5.41, 5.74) is -0.313. The number of hydrogen-bond donors (Lipinski definition) is 0. The molecule has 0 heterocycles. The van der Waals surface area contributed by atoms with Gasteiger partial charge in [0.15, 0.2) is 0 Å². The van der Waals surface area contributed by atoms with E-state index in [1.54, 1.807) is 0 Å². The minimum Gasteiger partial charge on any atom is -0.257 e. The summed E-state index contributed by atoms with van der Waals surface area (Å²) in [4.78, 5) is 4.79. The molecule has 0 aliphatic heterocycles. The second-order valence-electron chi connectivity index (χ2n) is 7.99. The van der Waals surface area contributed by atoms with Crippen LogP contribution in [-0.2, 0) is 4.84 Å². The summed E-state index contributed by atoms with van der Waals surface area (Å²) < 4.78 is 0. The molecule has 0 aromatic rings. The van der Waals surface area contributed by atoms with Crippen LogP contribution in [0.25, 0.3) is 0 Å². The lowest BCUT2D eigenvalue weighted by molar-refractivity contribution is -0.0613. The Morgan fingerprint density at radius 3 is 1.21 bits per heavy atom. The average Bonchev–Trinajstić information content (AvgIpc) is 2.59. The molecule has 0 rings (SSSR count). The van der Waals surface area contributed by atoms with E-state index in [2.05, 4.69) is 20.8 Å². The van der Waals surface area contributed by atoms with Crippen molar-refractivity contribution in [3.05, 3.63) is 0 Å². The summed E-state index contributed by atoms with van der Waals surface area (Å²) in [6.45, 7) is 6.55. The van der Waals surface area contributed by atoms with Crippen LogP contribution in [0, 0.1) is 0 Å². The molecular weight excluding hydrogens is 294 g/mol. The Bertz CT molecular complexity index is 244. The Morgan fingerprint density at radius 1 is 0.542 bits per heavy atom. The highest BCUT2D eigenvalue weighted by Gasteiger charge is 2.24. The smallest absolute Gasteiger partial charge is 0.0906 e. The maximum atomic E-state index is 9.18. The van der Waals surface area contributed by atoms with Gasteiger partial charge in [-0.2, -0.15) is 0 Å². The van der Waals surface area contributed by atoms with Gasteiger partial charge in [0.2, 0.25) is 0 Å². The van der Waals surface area contributed by atoms with Gasteiger partial charge in [-0.15, -0.1) is 0 Å². The Morgan fingerprint density at radius 2 is 0.833 bits per heavy atom. The summed E-state index contributed by atoms with van der Waals surface area (Å²) in [5, 5.41) is 0.